The van der Waals surface area contributed by atoms with Gasteiger partial charge in [-0.3, -0.25) is 9.88 Å². The zero-order valence-electron chi connectivity index (χ0n) is 14.5. The average molecular weight is 356 g/mol. The fourth-order valence-corrected chi connectivity index (χ4v) is 3.25. The molecule has 1 aliphatic rings. The molecule has 1 aliphatic heterocycles. The van der Waals surface area contributed by atoms with Crippen LogP contribution in [0.25, 0.3) is 0 Å². The number of aromatic nitrogens is 1. The van der Waals surface area contributed by atoms with E-state index < -0.39 is 0 Å². The summed E-state index contributed by atoms with van der Waals surface area (Å²) in [6.07, 6.45) is 1.81. The van der Waals surface area contributed by atoms with Gasteiger partial charge in [0.2, 0.25) is 0 Å². The summed E-state index contributed by atoms with van der Waals surface area (Å²) in [6.45, 7) is 4.15. The Morgan fingerprint density at radius 2 is 1.92 bits per heavy atom. The van der Waals surface area contributed by atoms with Crippen molar-refractivity contribution >= 4 is 22.9 Å². The summed E-state index contributed by atoms with van der Waals surface area (Å²) >= 11 is 5.75. The van der Waals surface area contributed by atoms with Crippen molar-refractivity contribution in [1.29, 1.82) is 0 Å². The standard InChI is InChI=1S/C19H24N4OS/c1-22(16-7-3-2-4-8-16)18(17-9-5-6-10-20-17)19(25)21-15-23-11-13-24-14-12-23/h2-10,18H,11-15H2,1H3,(H,21,25). The Balaban J connectivity index is 1.75. The molecule has 1 atom stereocenters. The van der Waals surface area contributed by atoms with Gasteiger partial charge in [-0.1, -0.05) is 36.5 Å². The van der Waals surface area contributed by atoms with Crippen LogP contribution in [-0.2, 0) is 4.74 Å². The van der Waals surface area contributed by atoms with Crippen molar-refractivity contribution in [2.45, 2.75) is 6.04 Å². The Morgan fingerprint density at radius 3 is 2.60 bits per heavy atom. The number of hydrogen-bond acceptors (Lipinski definition) is 5. The number of benzene rings is 1. The van der Waals surface area contributed by atoms with E-state index >= 15 is 0 Å². The topological polar surface area (TPSA) is 40.6 Å². The van der Waals surface area contributed by atoms with Crippen LogP contribution in [0.4, 0.5) is 5.69 Å². The van der Waals surface area contributed by atoms with Crippen LogP contribution in [0.15, 0.2) is 54.7 Å². The summed E-state index contributed by atoms with van der Waals surface area (Å²) in [5.41, 5.74) is 2.04. The van der Waals surface area contributed by atoms with E-state index in [1.165, 1.54) is 0 Å². The second kappa shape index (κ2) is 8.89. The molecule has 1 unspecified atom stereocenters. The summed E-state index contributed by atoms with van der Waals surface area (Å²) in [7, 11) is 2.05. The van der Waals surface area contributed by atoms with E-state index in [1.54, 1.807) is 0 Å². The predicted molar refractivity (Wildman–Crippen MR) is 105 cm³/mol. The number of likely N-dealkylation sites (N-methyl/N-ethyl adjacent to an activating group) is 1. The highest BCUT2D eigenvalue weighted by Crippen LogP contribution is 2.25. The van der Waals surface area contributed by atoms with Crippen LogP contribution in [0.3, 0.4) is 0 Å². The number of nitrogens with zero attached hydrogens (tertiary/aromatic N) is 3. The first-order valence-electron chi connectivity index (χ1n) is 8.52. The maximum Gasteiger partial charge on any atom is 0.122 e. The van der Waals surface area contributed by atoms with Gasteiger partial charge in [-0.2, -0.15) is 0 Å². The maximum absolute atomic E-state index is 5.75. The predicted octanol–water partition coefficient (Wildman–Crippen LogP) is 2.47. The molecule has 1 aromatic carbocycles. The van der Waals surface area contributed by atoms with E-state index in [2.05, 4.69) is 39.3 Å². The minimum Gasteiger partial charge on any atom is -0.379 e. The monoisotopic (exact) mass is 356 g/mol. The van der Waals surface area contributed by atoms with Gasteiger partial charge in [-0.05, 0) is 24.3 Å². The third-order valence-electron chi connectivity index (χ3n) is 4.35. The molecule has 3 rings (SSSR count). The highest BCUT2D eigenvalue weighted by molar-refractivity contribution is 7.80. The van der Waals surface area contributed by atoms with Crippen LogP contribution in [0.5, 0.6) is 0 Å². The SMILES string of the molecule is CN(c1ccccc1)C(C(=S)NCN1CCOCC1)c1ccccn1. The number of morpholine rings is 1. The summed E-state index contributed by atoms with van der Waals surface area (Å²) in [5.74, 6) is 0. The lowest BCUT2D eigenvalue weighted by Crippen LogP contribution is -2.46. The lowest BCUT2D eigenvalue weighted by atomic mass is 10.1. The smallest absolute Gasteiger partial charge is 0.122 e. The van der Waals surface area contributed by atoms with Gasteiger partial charge in [0.15, 0.2) is 0 Å². The van der Waals surface area contributed by atoms with E-state index in [9.17, 15) is 0 Å². The third-order valence-corrected chi connectivity index (χ3v) is 4.72. The highest BCUT2D eigenvalue weighted by atomic mass is 32.1. The summed E-state index contributed by atoms with van der Waals surface area (Å²) in [4.78, 5) is 9.79. The first-order valence-corrected chi connectivity index (χ1v) is 8.93. The van der Waals surface area contributed by atoms with Crippen molar-refractivity contribution in [3.05, 3.63) is 60.4 Å². The molecule has 1 aromatic heterocycles. The molecule has 1 saturated heterocycles. The van der Waals surface area contributed by atoms with Crippen molar-refractivity contribution in [3.63, 3.8) is 0 Å². The Kier molecular flexibility index (Phi) is 6.33. The maximum atomic E-state index is 5.75. The number of rotatable bonds is 6. The van der Waals surface area contributed by atoms with Gasteiger partial charge in [0.1, 0.15) is 11.0 Å². The first kappa shape index (κ1) is 17.8. The molecule has 0 saturated carbocycles. The largest absolute Gasteiger partial charge is 0.379 e. The number of thiocarbonyl (C=S) groups is 1. The van der Waals surface area contributed by atoms with Crippen LogP contribution in [0.1, 0.15) is 11.7 Å². The van der Waals surface area contributed by atoms with Gasteiger partial charge in [-0.15, -0.1) is 0 Å². The second-order valence-electron chi connectivity index (χ2n) is 6.03. The van der Waals surface area contributed by atoms with Crippen LogP contribution in [0.2, 0.25) is 0 Å². The first-order chi connectivity index (χ1) is 12.3. The lowest BCUT2D eigenvalue weighted by Gasteiger charge is -2.32. The van der Waals surface area contributed by atoms with Crippen LogP contribution >= 0.6 is 12.2 Å². The van der Waals surface area contributed by atoms with Crippen LogP contribution < -0.4 is 10.2 Å². The van der Waals surface area contributed by atoms with Gasteiger partial charge in [0.25, 0.3) is 0 Å². The Labute approximate surface area is 154 Å². The minimum atomic E-state index is -0.111. The number of hydrogen-bond donors (Lipinski definition) is 1. The number of pyridine rings is 1. The van der Waals surface area contributed by atoms with Gasteiger partial charge in [0, 0.05) is 32.0 Å². The molecule has 25 heavy (non-hydrogen) atoms. The zero-order chi connectivity index (χ0) is 17.5. The number of ether oxygens (including phenoxy) is 1. The summed E-state index contributed by atoms with van der Waals surface area (Å²) in [5, 5.41) is 3.42. The van der Waals surface area contributed by atoms with Crippen LogP contribution in [-0.4, -0.2) is 54.9 Å². The molecule has 2 heterocycles. The molecule has 2 aromatic rings. The number of para-hydroxylation sites is 1. The van der Waals surface area contributed by atoms with Gasteiger partial charge >= 0.3 is 0 Å². The number of anilines is 1. The van der Waals surface area contributed by atoms with Crippen molar-refractivity contribution in [2.75, 3.05) is 44.9 Å². The van der Waals surface area contributed by atoms with Crippen molar-refractivity contribution in [3.8, 4) is 0 Å². The average Bonchev–Trinajstić information content (AvgIpc) is 2.69. The fourth-order valence-electron chi connectivity index (χ4n) is 2.90. The zero-order valence-corrected chi connectivity index (χ0v) is 15.3. The molecular weight excluding hydrogens is 332 g/mol. The molecule has 0 amide bonds. The molecule has 6 heteroatoms. The Morgan fingerprint density at radius 1 is 1.20 bits per heavy atom. The molecule has 1 N–H and O–H groups in total. The Hall–Kier alpha value is -2.02. The van der Waals surface area contributed by atoms with Gasteiger partial charge in [0.05, 0.1) is 25.6 Å². The van der Waals surface area contributed by atoms with E-state index in [4.69, 9.17) is 17.0 Å². The molecule has 0 aliphatic carbocycles. The summed E-state index contributed by atoms with van der Waals surface area (Å²) < 4.78 is 5.40. The summed E-state index contributed by atoms with van der Waals surface area (Å²) in [6, 6.07) is 16.1. The molecule has 132 valence electrons. The normalized spacial score (nSPS) is 16.2. The molecule has 5 nitrogen and oxygen atoms in total. The van der Waals surface area contributed by atoms with E-state index in [1.807, 2.05) is 42.6 Å². The highest BCUT2D eigenvalue weighted by Gasteiger charge is 2.24. The quantitative estimate of drug-likeness (QED) is 0.802. The van der Waals surface area contributed by atoms with Crippen molar-refractivity contribution < 1.29 is 4.74 Å². The molecule has 0 spiro atoms. The van der Waals surface area contributed by atoms with Crippen LogP contribution in [0, 0.1) is 0 Å². The molecule has 0 bridgehead atoms. The number of nitrogens with one attached hydrogen (secondary N) is 1. The lowest BCUT2D eigenvalue weighted by molar-refractivity contribution is 0.0366. The van der Waals surface area contributed by atoms with Gasteiger partial charge < -0.3 is 15.0 Å². The molecule has 1 fully saturated rings. The van der Waals surface area contributed by atoms with E-state index in [0.717, 1.165) is 49.3 Å². The fraction of sp³-hybridized carbons (Fsp3) is 0.368. The van der Waals surface area contributed by atoms with Gasteiger partial charge in [-0.25, -0.2) is 0 Å². The molecular formula is C19H24N4OS. The van der Waals surface area contributed by atoms with Crippen molar-refractivity contribution in [2.24, 2.45) is 0 Å². The third kappa shape index (κ3) is 4.75. The van der Waals surface area contributed by atoms with E-state index in [0.29, 0.717) is 0 Å². The minimum absolute atomic E-state index is 0.111. The molecule has 0 radical (unpaired) electrons. The Bertz CT molecular complexity index is 662. The second-order valence-corrected chi connectivity index (χ2v) is 6.47. The van der Waals surface area contributed by atoms with Crippen molar-refractivity contribution in [1.82, 2.24) is 15.2 Å². The van der Waals surface area contributed by atoms with E-state index in [-0.39, 0.29) is 6.04 Å².